The molecule has 0 bridgehead atoms. The van der Waals surface area contributed by atoms with Crippen molar-refractivity contribution in [2.24, 2.45) is 0 Å². The van der Waals surface area contributed by atoms with Crippen molar-refractivity contribution in [1.82, 2.24) is 10.2 Å². The zero-order valence-corrected chi connectivity index (χ0v) is 11.2. The lowest BCUT2D eigenvalue weighted by atomic mass is 10.2. The summed E-state index contributed by atoms with van der Waals surface area (Å²) in [6.45, 7) is 4.82. The van der Waals surface area contributed by atoms with Crippen LogP contribution in [0.4, 0.5) is 14.9 Å². The molecule has 2 amide bonds. The molecule has 1 aliphatic heterocycles. The third-order valence-corrected chi connectivity index (χ3v) is 3.53. The molecule has 1 aromatic carbocycles. The minimum atomic E-state index is -0.422. The summed E-state index contributed by atoms with van der Waals surface area (Å²) in [6, 6.07) is 6.20. The van der Waals surface area contributed by atoms with Gasteiger partial charge in [-0.15, -0.1) is 0 Å². The number of nitrogens with one attached hydrogen (secondary N) is 2. The lowest BCUT2D eigenvalue weighted by molar-refractivity contribution is 0.238. The van der Waals surface area contributed by atoms with Crippen molar-refractivity contribution < 1.29 is 9.18 Å². The summed E-state index contributed by atoms with van der Waals surface area (Å²) < 4.78 is 13.4. The summed E-state index contributed by atoms with van der Waals surface area (Å²) in [6.07, 6.45) is 2.28. The van der Waals surface area contributed by atoms with Gasteiger partial charge < -0.3 is 10.6 Å². The molecule has 1 aromatic rings. The first-order valence-corrected chi connectivity index (χ1v) is 6.74. The topological polar surface area (TPSA) is 44.4 Å². The van der Waals surface area contributed by atoms with E-state index in [9.17, 15) is 9.18 Å². The van der Waals surface area contributed by atoms with Crippen molar-refractivity contribution in [3.05, 3.63) is 30.1 Å². The highest BCUT2D eigenvalue weighted by atomic mass is 19.1. The van der Waals surface area contributed by atoms with Crippen LogP contribution in [0.1, 0.15) is 19.8 Å². The van der Waals surface area contributed by atoms with E-state index in [0.717, 1.165) is 19.5 Å². The van der Waals surface area contributed by atoms with Gasteiger partial charge in [0.2, 0.25) is 0 Å². The second-order valence-electron chi connectivity index (χ2n) is 4.74. The van der Waals surface area contributed by atoms with Crippen molar-refractivity contribution in [2.45, 2.75) is 25.8 Å². The number of nitrogens with zero attached hydrogens (tertiary/aromatic N) is 1. The van der Waals surface area contributed by atoms with Crippen LogP contribution in [-0.4, -0.2) is 36.6 Å². The highest BCUT2D eigenvalue weighted by molar-refractivity contribution is 5.89. The van der Waals surface area contributed by atoms with Crippen LogP contribution >= 0.6 is 0 Å². The molecule has 0 aromatic heterocycles. The number of urea groups is 1. The van der Waals surface area contributed by atoms with Crippen LogP contribution in [0.2, 0.25) is 0 Å². The first-order valence-electron chi connectivity index (χ1n) is 6.74. The van der Waals surface area contributed by atoms with Crippen LogP contribution in [-0.2, 0) is 0 Å². The Hall–Kier alpha value is -1.62. The summed E-state index contributed by atoms with van der Waals surface area (Å²) in [5.41, 5.74) is 0.207. The first-order chi connectivity index (χ1) is 9.20. The standard InChI is InChI=1S/C14H20FN3O/c1-2-18-9-5-6-11(18)10-16-14(19)17-13-8-4-3-7-12(13)15/h3-4,7-8,11H,2,5-6,9-10H2,1H3,(H2,16,17,19). The Labute approximate surface area is 113 Å². The van der Waals surface area contributed by atoms with Gasteiger partial charge in [0.15, 0.2) is 0 Å². The molecule has 19 heavy (non-hydrogen) atoms. The highest BCUT2D eigenvalue weighted by Gasteiger charge is 2.23. The van der Waals surface area contributed by atoms with Crippen molar-refractivity contribution in [3.63, 3.8) is 0 Å². The molecule has 104 valence electrons. The first kappa shape index (κ1) is 13.8. The fourth-order valence-electron chi connectivity index (χ4n) is 2.48. The van der Waals surface area contributed by atoms with Crippen LogP contribution in [0.15, 0.2) is 24.3 Å². The molecule has 1 aliphatic rings. The van der Waals surface area contributed by atoms with Crippen molar-refractivity contribution >= 4 is 11.7 Å². The van der Waals surface area contributed by atoms with Crippen LogP contribution in [0.25, 0.3) is 0 Å². The average Bonchev–Trinajstić information content (AvgIpc) is 2.86. The average molecular weight is 265 g/mol. The number of anilines is 1. The predicted molar refractivity (Wildman–Crippen MR) is 73.7 cm³/mol. The maximum atomic E-state index is 13.4. The van der Waals surface area contributed by atoms with Crippen molar-refractivity contribution in [3.8, 4) is 0 Å². The Morgan fingerprint density at radius 3 is 3.00 bits per heavy atom. The monoisotopic (exact) mass is 265 g/mol. The van der Waals surface area contributed by atoms with Gasteiger partial charge >= 0.3 is 6.03 Å². The zero-order chi connectivity index (χ0) is 13.7. The number of carbonyl (C=O) groups is 1. The molecule has 0 aliphatic carbocycles. The summed E-state index contributed by atoms with van der Waals surface area (Å²) >= 11 is 0. The molecule has 1 saturated heterocycles. The fourth-order valence-corrected chi connectivity index (χ4v) is 2.48. The minimum absolute atomic E-state index is 0.207. The highest BCUT2D eigenvalue weighted by Crippen LogP contribution is 2.16. The number of para-hydroxylation sites is 1. The van der Waals surface area contributed by atoms with E-state index in [1.165, 1.54) is 12.5 Å². The second-order valence-corrected chi connectivity index (χ2v) is 4.74. The van der Waals surface area contributed by atoms with Crippen molar-refractivity contribution in [1.29, 1.82) is 0 Å². The fraction of sp³-hybridized carbons (Fsp3) is 0.500. The number of rotatable bonds is 4. The lowest BCUT2D eigenvalue weighted by Gasteiger charge is -2.22. The van der Waals surface area contributed by atoms with Crippen LogP contribution in [0.5, 0.6) is 0 Å². The number of halogens is 1. The molecule has 4 nitrogen and oxygen atoms in total. The summed E-state index contributed by atoms with van der Waals surface area (Å²) in [4.78, 5) is 14.1. The number of carbonyl (C=O) groups excluding carboxylic acids is 1. The summed E-state index contributed by atoms with van der Waals surface area (Å²) in [5.74, 6) is -0.422. The van der Waals surface area contributed by atoms with E-state index < -0.39 is 5.82 Å². The molecule has 1 atom stereocenters. The smallest absolute Gasteiger partial charge is 0.319 e. The van der Waals surface area contributed by atoms with Crippen LogP contribution in [0, 0.1) is 5.82 Å². The largest absolute Gasteiger partial charge is 0.336 e. The Morgan fingerprint density at radius 2 is 2.26 bits per heavy atom. The summed E-state index contributed by atoms with van der Waals surface area (Å²) in [7, 11) is 0. The second kappa shape index (κ2) is 6.52. The van der Waals surface area contributed by atoms with Gasteiger partial charge in [0.1, 0.15) is 5.82 Å². The Kier molecular flexibility index (Phi) is 4.74. The molecular formula is C14H20FN3O. The Balaban J connectivity index is 1.80. The third kappa shape index (κ3) is 3.67. The number of benzene rings is 1. The molecule has 1 unspecified atom stereocenters. The SMILES string of the molecule is CCN1CCCC1CNC(=O)Nc1ccccc1F. The number of hydrogen-bond donors (Lipinski definition) is 2. The van der Waals surface area contributed by atoms with Crippen LogP contribution in [0.3, 0.4) is 0 Å². The van der Waals surface area contributed by atoms with E-state index in [1.54, 1.807) is 18.2 Å². The van der Waals surface area contributed by atoms with Gasteiger partial charge in [-0.05, 0) is 38.1 Å². The van der Waals surface area contributed by atoms with Crippen LogP contribution < -0.4 is 10.6 Å². The maximum Gasteiger partial charge on any atom is 0.319 e. The molecule has 1 fully saturated rings. The Bertz CT molecular complexity index is 438. The zero-order valence-electron chi connectivity index (χ0n) is 11.2. The lowest BCUT2D eigenvalue weighted by Crippen LogP contribution is -2.41. The number of amides is 2. The molecule has 2 N–H and O–H groups in total. The van der Waals surface area contributed by atoms with Gasteiger partial charge in [-0.25, -0.2) is 9.18 Å². The van der Waals surface area contributed by atoms with Gasteiger partial charge in [0.05, 0.1) is 5.69 Å². The van der Waals surface area contributed by atoms with Gasteiger partial charge in [-0.3, -0.25) is 4.90 Å². The minimum Gasteiger partial charge on any atom is -0.336 e. The molecule has 0 saturated carbocycles. The van der Waals surface area contributed by atoms with E-state index in [4.69, 9.17) is 0 Å². The van der Waals surface area contributed by atoms with E-state index in [1.807, 2.05) is 0 Å². The number of likely N-dealkylation sites (N-methyl/N-ethyl adjacent to an activating group) is 1. The van der Waals surface area contributed by atoms with Gasteiger partial charge in [-0.1, -0.05) is 19.1 Å². The molecule has 0 radical (unpaired) electrons. The van der Waals surface area contributed by atoms with E-state index in [2.05, 4.69) is 22.5 Å². The van der Waals surface area contributed by atoms with Gasteiger partial charge in [0.25, 0.3) is 0 Å². The third-order valence-electron chi connectivity index (χ3n) is 3.53. The molecule has 5 heteroatoms. The van der Waals surface area contributed by atoms with Gasteiger partial charge in [-0.2, -0.15) is 0 Å². The van der Waals surface area contributed by atoms with Gasteiger partial charge in [0, 0.05) is 12.6 Å². The van der Waals surface area contributed by atoms with E-state index in [0.29, 0.717) is 12.6 Å². The summed E-state index contributed by atoms with van der Waals surface area (Å²) in [5, 5.41) is 5.33. The van der Waals surface area contributed by atoms with E-state index in [-0.39, 0.29) is 11.7 Å². The normalized spacial score (nSPS) is 19.4. The molecular weight excluding hydrogens is 245 g/mol. The Morgan fingerprint density at radius 1 is 1.47 bits per heavy atom. The van der Waals surface area contributed by atoms with Crippen molar-refractivity contribution in [2.75, 3.05) is 25.0 Å². The molecule has 0 spiro atoms. The quantitative estimate of drug-likeness (QED) is 0.878. The predicted octanol–water partition coefficient (Wildman–Crippen LogP) is 2.43. The number of likely N-dealkylation sites (tertiary alicyclic amines) is 1. The molecule has 1 heterocycles. The maximum absolute atomic E-state index is 13.4. The molecule has 2 rings (SSSR count). The number of hydrogen-bond acceptors (Lipinski definition) is 2. The van der Waals surface area contributed by atoms with E-state index >= 15 is 0 Å².